The minimum Gasteiger partial charge on any atom is -0.497 e. The Bertz CT molecular complexity index is 667. The lowest BCUT2D eigenvalue weighted by atomic mass is 10.2. The molecule has 1 amide bonds. The maximum Gasteiger partial charge on any atom is 0.286 e. The van der Waals surface area contributed by atoms with Gasteiger partial charge in [-0.05, 0) is 35.5 Å². The Balaban J connectivity index is 1.64. The van der Waals surface area contributed by atoms with Crippen molar-refractivity contribution in [2.45, 2.75) is 0 Å². The van der Waals surface area contributed by atoms with Gasteiger partial charge in [0.1, 0.15) is 5.75 Å². The van der Waals surface area contributed by atoms with E-state index in [9.17, 15) is 4.79 Å². The lowest BCUT2D eigenvalue weighted by molar-refractivity contribution is -0.113. The Kier molecular flexibility index (Phi) is 5.55. The molecule has 0 aliphatic carbocycles. The van der Waals surface area contributed by atoms with Crippen LogP contribution in [-0.4, -0.2) is 72.4 Å². The molecule has 0 saturated carbocycles. The molecule has 2 heterocycles. The lowest BCUT2D eigenvalue weighted by Gasteiger charge is -2.34. The zero-order valence-electron chi connectivity index (χ0n) is 13.6. The maximum atomic E-state index is 12.2. The molecule has 0 bridgehead atoms. The maximum absolute atomic E-state index is 12.2. The van der Waals surface area contributed by atoms with Gasteiger partial charge in [-0.3, -0.25) is 9.69 Å². The third kappa shape index (κ3) is 3.98. The highest BCUT2D eigenvalue weighted by Crippen LogP contribution is 2.31. The van der Waals surface area contributed by atoms with Gasteiger partial charge in [0, 0.05) is 32.7 Å². The number of aliphatic imine (C=N–C) groups is 1. The topological polar surface area (TPSA) is 65.4 Å². The predicted octanol–water partition coefficient (Wildman–Crippen LogP) is 1.28. The standard InChI is InChI=1S/C17H21N3O3S/c1-23-14-4-2-3-13(11-14)12-15-16(22)18-17(24-15)20-7-5-19(6-8-20)9-10-21/h2-4,11-12,21H,5-10H2,1H3/b15-12-. The molecule has 2 aliphatic heterocycles. The van der Waals surface area contributed by atoms with Crippen molar-refractivity contribution in [1.82, 2.24) is 9.80 Å². The van der Waals surface area contributed by atoms with Crippen LogP contribution in [0.4, 0.5) is 0 Å². The van der Waals surface area contributed by atoms with Crippen LogP contribution >= 0.6 is 11.8 Å². The summed E-state index contributed by atoms with van der Waals surface area (Å²) in [7, 11) is 1.62. The fourth-order valence-corrected chi connectivity index (χ4v) is 3.68. The Morgan fingerprint density at radius 2 is 2.12 bits per heavy atom. The number of piperazine rings is 1. The molecule has 0 unspecified atom stereocenters. The first-order chi connectivity index (χ1) is 11.7. The van der Waals surface area contributed by atoms with Gasteiger partial charge < -0.3 is 14.7 Å². The molecule has 2 aliphatic rings. The highest BCUT2D eigenvalue weighted by atomic mass is 32.2. The van der Waals surface area contributed by atoms with Crippen molar-refractivity contribution in [1.29, 1.82) is 0 Å². The average Bonchev–Trinajstić information content (AvgIpc) is 2.97. The quantitative estimate of drug-likeness (QED) is 0.828. The number of ether oxygens (including phenoxy) is 1. The van der Waals surface area contributed by atoms with Crippen LogP contribution in [0, 0.1) is 0 Å². The first kappa shape index (κ1) is 17.0. The Morgan fingerprint density at radius 3 is 2.83 bits per heavy atom. The molecule has 3 rings (SSSR count). The fraction of sp³-hybridized carbons (Fsp3) is 0.412. The summed E-state index contributed by atoms with van der Waals surface area (Å²) < 4.78 is 5.21. The number of amidine groups is 1. The molecule has 128 valence electrons. The minimum atomic E-state index is -0.185. The third-order valence-electron chi connectivity index (χ3n) is 4.06. The highest BCUT2D eigenvalue weighted by Gasteiger charge is 2.28. The predicted molar refractivity (Wildman–Crippen MR) is 96.1 cm³/mol. The summed E-state index contributed by atoms with van der Waals surface area (Å²) in [5, 5.41) is 9.77. The molecule has 1 saturated heterocycles. The van der Waals surface area contributed by atoms with Gasteiger partial charge in [-0.15, -0.1) is 0 Å². The number of aliphatic hydroxyl groups excluding tert-OH is 1. The van der Waals surface area contributed by atoms with Gasteiger partial charge in [0.25, 0.3) is 5.91 Å². The van der Waals surface area contributed by atoms with E-state index in [0.29, 0.717) is 11.4 Å². The van der Waals surface area contributed by atoms with Crippen LogP contribution < -0.4 is 4.74 Å². The van der Waals surface area contributed by atoms with E-state index in [2.05, 4.69) is 14.8 Å². The number of hydrogen-bond donors (Lipinski definition) is 1. The fourth-order valence-electron chi connectivity index (χ4n) is 2.72. The van der Waals surface area contributed by atoms with Crippen molar-refractivity contribution in [3.05, 3.63) is 34.7 Å². The Labute approximate surface area is 145 Å². The van der Waals surface area contributed by atoms with Crippen LogP contribution in [0.1, 0.15) is 5.56 Å². The number of carbonyl (C=O) groups is 1. The average molecular weight is 347 g/mol. The van der Waals surface area contributed by atoms with Crippen molar-refractivity contribution in [2.75, 3.05) is 46.4 Å². The molecule has 0 aromatic heterocycles. The molecular weight excluding hydrogens is 326 g/mol. The molecular formula is C17H21N3O3S. The van der Waals surface area contributed by atoms with E-state index in [0.717, 1.165) is 42.7 Å². The van der Waals surface area contributed by atoms with Gasteiger partial charge in [-0.25, -0.2) is 0 Å². The molecule has 1 fully saturated rings. The van der Waals surface area contributed by atoms with Crippen LogP contribution in [0.15, 0.2) is 34.2 Å². The number of nitrogens with zero attached hydrogens (tertiary/aromatic N) is 3. The highest BCUT2D eigenvalue weighted by molar-refractivity contribution is 8.18. The number of aliphatic hydroxyl groups is 1. The van der Waals surface area contributed by atoms with E-state index in [1.807, 2.05) is 30.3 Å². The van der Waals surface area contributed by atoms with Crippen molar-refractivity contribution in [2.24, 2.45) is 4.99 Å². The number of thioether (sulfide) groups is 1. The Morgan fingerprint density at radius 1 is 1.33 bits per heavy atom. The molecule has 0 spiro atoms. The first-order valence-electron chi connectivity index (χ1n) is 7.94. The zero-order valence-corrected chi connectivity index (χ0v) is 14.5. The van der Waals surface area contributed by atoms with Crippen LogP contribution in [0.5, 0.6) is 5.75 Å². The summed E-state index contributed by atoms with van der Waals surface area (Å²) in [5.41, 5.74) is 0.925. The lowest BCUT2D eigenvalue weighted by Crippen LogP contribution is -2.48. The van der Waals surface area contributed by atoms with Gasteiger partial charge in [0.2, 0.25) is 0 Å². The normalized spacial score (nSPS) is 20.6. The van der Waals surface area contributed by atoms with Gasteiger partial charge in [0.05, 0.1) is 18.6 Å². The number of hydrogen-bond acceptors (Lipinski definition) is 6. The first-order valence-corrected chi connectivity index (χ1v) is 8.76. The largest absolute Gasteiger partial charge is 0.497 e. The van der Waals surface area contributed by atoms with E-state index < -0.39 is 0 Å². The third-order valence-corrected chi connectivity index (χ3v) is 5.10. The number of β-amino-alcohol motifs (C(OH)–C–C–N with tert-alkyl or cyclic N) is 1. The van der Waals surface area contributed by atoms with Gasteiger partial charge >= 0.3 is 0 Å². The van der Waals surface area contributed by atoms with Crippen molar-refractivity contribution >= 4 is 28.9 Å². The number of benzene rings is 1. The monoisotopic (exact) mass is 347 g/mol. The molecule has 6 nitrogen and oxygen atoms in total. The number of amides is 1. The molecule has 1 N–H and O–H groups in total. The molecule has 0 atom stereocenters. The van der Waals surface area contributed by atoms with Gasteiger partial charge in [0.15, 0.2) is 5.17 Å². The number of rotatable bonds is 4. The summed E-state index contributed by atoms with van der Waals surface area (Å²) in [6.45, 7) is 4.29. The number of carbonyl (C=O) groups excluding carboxylic acids is 1. The zero-order chi connectivity index (χ0) is 16.9. The smallest absolute Gasteiger partial charge is 0.286 e. The molecule has 24 heavy (non-hydrogen) atoms. The van der Waals surface area contributed by atoms with Crippen LogP contribution in [-0.2, 0) is 4.79 Å². The van der Waals surface area contributed by atoms with E-state index in [1.54, 1.807) is 7.11 Å². The van der Waals surface area contributed by atoms with Crippen molar-refractivity contribution < 1.29 is 14.6 Å². The van der Waals surface area contributed by atoms with E-state index in [1.165, 1.54) is 11.8 Å². The van der Waals surface area contributed by atoms with E-state index >= 15 is 0 Å². The SMILES string of the molecule is COc1cccc(/C=C2\SC(N3CCN(CCO)CC3)=NC2=O)c1. The summed E-state index contributed by atoms with van der Waals surface area (Å²) in [6, 6.07) is 7.61. The second-order valence-corrected chi connectivity index (χ2v) is 6.65. The van der Waals surface area contributed by atoms with Crippen molar-refractivity contribution in [3.8, 4) is 5.75 Å². The van der Waals surface area contributed by atoms with Crippen molar-refractivity contribution in [3.63, 3.8) is 0 Å². The van der Waals surface area contributed by atoms with E-state index in [-0.39, 0.29) is 12.5 Å². The molecule has 0 radical (unpaired) electrons. The summed E-state index contributed by atoms with van der Waals surface area (Å²) in [4.78, 5) is 21.4. The number of methoxy groups -OCH3 is 1. The summed E-state index contributed by atoms with van der Waals surface area (Å²) >= 11 is 1.43. The van der Waals surface area contributed by atoms with Gasteiger partial charge in [-0.1, -0.05) is 12.1 Å². The van der Waals surface area contributed by atoms with Crippen LogP contribution in [0.3, 0.4) is 0 Å². The van der Waals surface area contributed by atoms with Crippen LogP contribution in [0.25, 0.3) is 6.08 Å². The van der Waals surface area contributed by atoms with Crippen LogP contribution in [0.2, 0.25) is 0 Å². The summed E-state index contributed by atoms with van der Waals surface area (Å²) in [6.07, 6.45) is 1.86. The summed E-state index contributed by atoms with van der Waals surface area (Å²) in [5.74, 6) is 0.580. The molecule has 7 heteroatoms. The Hall–Kier alpha value is -1.83. The molecule has 1 aromatic carbocycles. The minimum absolute atomic E-state index is 0.182. The second-order valence-electron chi connectivity index (χ2n) is 5.64. The second kappa shape index (κ2) is 7.83. The van der Waals surface area contributed by atoms with Gasteiger partial charge in [-0.2, -0.15) is 4.99 Å². The molecule has 1 aromatic rings. The van der Waals surface area contributed by atoms with E-state index in [4.69, 9.17) is 9.84 Å².